The van der Waals surface area contributed by atoms with Gasteiger partial charge in [-0.1, -0.05) is 0 Å². The van der Waals surface area contributed by atoms with Gasteiger partial charge >= 0.3 is 0 Å². The van der Waals surface area contributed by atoms with Crippen molar-refractivity contribution >= 4 is 0 Å². The molecule has 0 aliphatic carbocycles. The summed E-state index contributed by atoms with van der Waals surface area (Å²) in [5.41, 5.74) is 7.14. The Kier molecular flexibility index (Phi) is 2.85. The molecule has 72 valence electrons. The molecule has 0 saturated carbocycles. The maximum Gasteiger partial charge on any atom is 0.248 e. The summed E-state index contributed by atoms with van der Waals surface area (Å²) in [4.78, 5) is 13.4. The molecule has 4 heteroatoms. The van der Waals surface area contributed by atoms with Gasteiger partial charge in [0.1, 0.15) is 0 Å². The number of H-pyrrole nitrogens is 1. The Morgan fingerprint density at radius 3 is 2.69 bits per heavy atom. The summed E-state index contributed by atoms with van der Waals surface area (Å²) < 4.78 is 0. The molecule has 0 fully saturated rings. The third kappa shape index (κ3) is 2.17. The number of aryl methyl sites for hydroxylation is 1. The fourth-order valence-electron chi connectivity index (χ4n) is 1.20. The van der Waals surface area contributed by atoms with Gasteiger partial charge in [0, 0.05) is 12.3 Å². The molecule has 4 nitrogen and oxygen atoms in total. The Morgan fingerprint density at radius 2 is 2.23 bits per heavy atom. The minimum atomic E-state index is -0.621. The molecule has 0 spiro atoms. The van der Waals surface area contributed by atoms with Crippen LogP contribution in [0.2, 0.25) is 0 Å². The number of aromatic nitrogens is 1. The van der Waals surface area contributed by atoms with Crippen molar-refractivity contribution in [2.45, 2.75) is 26.0 Å². The van der Waals surface area contributed by atoms with Gasteiger partial charge in [-0.15, -0.1) is 0 Å². The molecule has 0 aromatic carbocycles. The summed E-state index contributed by atoms with van der Waals surface area (Å²) in [5, 5.41) is 9.25. The molecule has 2 unspecified atom stereocenters. The van der Waals surface area contributed by atoms with Gasteiger partial charge in [0.05, 0.1) is 12.1 Å². The van der Waals surface area contributed by atoms with Gasteiger partial charge in [-0.2, -0.15) is 0 Å². The van der Waals surface area contributed by atoms with Crippen molar-refractivity contribution in [3.05, 3.63) is 33.7 Å². The van der Waals surface area contributed by atoms with Crippen LogP contribution >= 0.6 is 0 Å². The maximum atomic E-state index is 10.9. The molecule has 1 aromatic rings. The van der Waals surface area contributed by atoms with Crippen LogP contribution < -0.4 is 11.3 Å². The second-order valence-electron chi connectivity index (χ2n) is 3.20. The topological polar surface area (TPSA) is 79.1 Å². The summed E-state index contributed by atoms with van der Waals surface area (Å²) in [6.07, 6.45) is 0.930. The average Bonchev–Trinajstić information content (AvgIpc) is 2.03. The van der Waals surface area contributed by atoms with E-state index in [2.05, 4.69) is 4.98 Å². The predicted octanol–water partition coefficient (Wildman–Crippen LogP) is 0.0639. The van der Waals surface area contributed by atoms with Crippen LogP contribution in [0.1, 0.15) is 24.1 Å². The van der Waals surface area contributed by atoms with E-state index in [1.165, 1.54) is 6.07 Å². The van der Waals surface area contributed by atoms with E-state index >= 15 is 0 Å². The zero-order chi connectivity index (χ0) is 10.0. The van der Waals surface area contributed by atoms with Crippen molar-refractivity contribution < 1.29 is 5.11 Å². The molecular formula is C9H14N2O2. The van der Waals surface area contributed by atoms with Crippen LogP contribution in [-0.4, -0.2) is 16.2 Å². The quantitative estimate of drug-likeness (QED) is 0.605. The molecule has 1 rings (SSSR count). The van der Waals surface area contributed by atoms with Crippen LogP contribution in [0.4, 0.5) is 0 Å². The Morgan fingerprint density at radius 1 is 1.62 bits per heavy atom. The largest absolute Gasteiger partial charge is 0.391 e. The lowest BCUT2D eigenvalue weighted by Gasteiger charge is -2.16. The van der Waals surface area contributed by atoms with Crippen LogP contribution in [-0.2, 0) is 0 Å². The summed E-state index contributed by atoms with van der Waals surface area (Å²) in [6, 6.07) is 1.02. The molecule has 13 heavy (non-hydrogen) atoms. The van der Waals surface area contributed by atoms with Gasteiger partial charge < -0.3 is 15.8 Å². The maximum absolute atomic E-state index is 10.9. The monoisotopic (exact) mass is 182 g/mol. The number of rotatable bonds is 2. The lowest BCUT2D eigenvalue weighted by Crippen LogP contribution is -2.25. The molecule has 1 aromatic heterocycles. The summed E-state index contributed by atoms with van der Waals surface area (Å²) in [7, 11) is 0. The van der Waals surface area contributed by atoms with E-state index in [9.17, 15) is 9.90 Å². The smallest absolute Gasteiger partial charge is 0.248 e. The molecule has 0 bridgehead atoms. The highest BCUT2D eigenvalue weighted by Gasteiger charge is 2.14. The molecule has 2 atom stereocenters. The Balaban J connectivity index is 3.08. The SMILES string of the molecule is Cc1cc(=O)[nH]cc1C(N)C(C)O. The van der Waals surface area contributed by atoms with Crippen LogP contribution in [0.3, 0.4) is 0 Å². The van der Waals surface area contributed by atoms with Crippen molar-refractivity contribution in [1.29, 1.82) is 0 Å². The lowest BCUT2D eigenvalue weighted by molar-refractivity contribution is 0.164. The first kappa shape index (κ1) is 9.95. The first-order chi connectivity index (χ1) is 6.02. The molecule has 4 N–H and O–H groups in total. The van der Waals surface area contributed by atoms with Gasteiger partial charge in [-0.3, -0.25) is 4.79 Å². The second-order valence-corrected chi connectivity index (χ2v) is 3.20. The zero-order valence-corrected chi connectivity index (χ0v) is 7.74. The average molecular weight is 182 g/mol. The van der Waals surface area contributed by atoms with Crippen molar-refractivity contribution in [3.8, 4) is 0 Å². The van der Waals surface area contributed by atoms with Gasteiger partial charge in [-0.05, 0) is 25.0 Å². The minimum absolute atomic E-state index is 0.154. The van der Waals surface area contributed by atoms with E-state index in [0.29, 0.717) is 0 Å². The van der Waals surface area contributed by atoms with Gasteiger partial charge in [-0.25, -0.2) is 0 Å². The number of hydrogen-bond donors (Lipinski definition) is 3. The number of nitrogens with two attached hydrogens (primary N) is 1. The Labute approximate surface area is 76.4 Å². The summed E-state index contributed by atoms with van der Waals surface area (Å²) in [5.74, 6) is 0. The van der Waals surface area contributed by atoms with Crippen molar-refractivity contribution in [3.63, 3.8) is 0 Å². The number of aliphatic hydroxyl groups is 1. The van der Waals surface area contributed by atoms with Crippen molar-refractivity contribution in [2.24, 2.45) is 5.73 Å². The summed E-state index contributed by atoms with van der Waals surface area (Å²) in [6.45, 7) is 3.42. The minimum Gasteiger partial charge on any atom is -0.391 e. The third-order valence-electron chi connectivity index (χ3n) is 2.05. The first-order valence-corrected chi connectivity index (χ1v) is 4.15. The number of hydrogen-bond acceptors (Lipinski definition) is 3. The fraction of sp³-hybridized carbons (Fsp3) is 0.444. The van der Waals surface area contributed by atoms with E-state index in [1.54, 1.807) is 20.0 Å². The van der Waals surface area contributed by atoms with E-state index in [0.717, 1.165) is 11.1 Å². The van der Waals surface area contributed by atoms with E-state index in [4.69, 9.17) is 5.73 Å². The van der Waals surface area contributed by atoms with Crippen LogP contribution in [0.25, 0.3) is 0 Å². The molecule has 0 radical (unpaired) electrons. The highest BCUT2D eigenvalue weighted by atomic mass is 16.3. The number of aliphatic hydroxyl groups excluding tert-OH is 1. The molecule has 0 saturated heterocycles. The molecule has 0 amide bonds. The molecule has 0 aliphatic rings. The van der Waals surface area contributed by atoms with Crippen molar-refractivity contribution in [1.82, 2.24) is 4.98 Å². The predicted molar refractivity (Wildman–Crippen MR) is 50.4 cm³/mol. The number of aromatic amines is 1. The summed E-state index contributed by atoms with van der Waals surface area (Å²) >= 11 is 0. The van der Waals surface area contributed by atoms with E-state index in [-0.39, 0.29) is 5.56 Å². The van der Waals surface area contributed by atoms with Gasteiger partial charge in [0.15, 0.2) is 0 Å². The third-order valence-corrected chi connectivity index (χ3v) is 2.05. The lowest BCUT2D eigenvalue weighted by atomic mass is 10.0. The van der Waals surface area contributed by atoms with E-state index < -0.39 is 12.1 Å². The normalized spacial score (nSPS) is 15.4. The second kappa shape index (κ2) is 3.72. The molecule has 0 aliphatic heterocycles. The zero-order valence-electron chi connectivity index (χ0n) is 7.74. The van der Waals surface area contributed by atoms with Crippen LogP contribution in [0, 0.1) is 6.92 Å². The van der Waals surface area contributed by atoms with Crippen LogP contribution in [0.15, 0.2) is 17.1 Å². The van der Waals surface area contributed by atoms with Crippen LogP contribution in [0.5, 0.6) is 0 Å². The standard InChI is InChI=1S/C9H14N2O2/c1-5-3-8(13)11-4-7(5)9(10)6(2)12/h3-4,6,9,12H,10H2,1-2H3,(H,11,13). The Bertz CT molecular complexity index is 344. The number of nitrogens with one attached hydrogen (secondary N) is 1. The molecular weight excluding hydrogens is 168 g/mol. The number of pyridine rings is 1. The van der Waals surface area contributed by atoms with Crippen molar-refractivity contribution in [2.75, 3.05) is 0 Å². The highest BCUT2D eigenvalue weighted by Crippen LogP contribution is 2.15. The van der Waals surface area contributed by atoms with Gasteiger partial charge in [0.25, 0.3) is 0 Å². The van der Waals surface area contributed by atoms with Gasteiger partial charge in [0.2, 0.25) is 5.56 Å². The highest BCUT2D eigenvalue weighted by molar-refractivity contribution is 5.25. The molecule has 1 heterocycles. The first-order valence-electron chi connectivity index (χ1n) is 4.15. The fourth-order valence-corrected chi connectivity index (χ4v) is 1.20. The Hall–Kier alpha value is -1.13. The van der Waals surface area contributed by atoms with E-state index in [1.807, 2.05) is 0 Å².